The number of nitrogens with zero attached hydrogens (tertiary/aromatic N) is 2. The summed E-state index contributed by atoms with van der Waals surface area (Å²) in [5.74, 6) is 0.310. The summed E-state index contributed by atoms with van der Waals surface area (Å²) in [4.78, 5) is 33.4. The molecule has 2 aromatic heterocycles. The van der Waals surface area contributed by atoms with Gasteiger partial charge >= 0.3 is 6.03 Å². The minimum absolute atomic E-state index is 0.0596. The maximum absolute atomic E-state index is 12.0. The van der Waals surface area contributed by atoms with Gasteiger partial charge < -0.3 is 15.2 Å². The minimum Gasteiger partial charge on any atom is -0.489 e. The second-order valence-electron chi connectivity index (χ2n) is 6.53. The van der Waals surface area contributed by atoms with Crippen molar-refractivity contribution in [1.82, 2.24) is 20.6 Å². The Labute approximate surface area is 176 Å². The first-order valence-corrected chi connectivity index (χ1v) is 9.93. The van der Waals surface area contributed by atoms with Crippen LogP contribution in [0.25, 0.3) is 0 Å². The molecule has 4 rings (SSSR count). The Morgan fingerprint density at radius 3 is 2.57 bits per heavy atom. The molecule has 3 N–H and O–H groups in total. The number of aliphatic hydroxyl groups excluding tert-OH is 1. The van der Waals surface area contributed by atoms with E-state index in [1.54, 1.807) is 24.8 Å². The summed E-state index contributed by atoms with van der Waals surface area (Å²) >= 11 is 1.47. The number of nitrogens with one attached hydrogen (secondary N) is 2. The Kier molecular flexibility index (Phi) is 5.92. The van der Waals surface area contributed by atoms with Gasteiger partial charge in [-0.05, 0) is 42.0 Å². The van der Waals surface area contributed by atoms with Crippen molar-refractivity contribution in [3.63, 3.8) is 0 Å². The number of imide groups is 1. The molecular formula is C21H18N4O4S. The standard InChI is InChI=1S/C21H18N4O4S/c26-11-13-7-14(9-23-8-13)12-29-15-1-3-16(4-2-15)30-18-5-6-22-10-17(18)19-20(27)25-21(28)24-19/h1-10,19,26H,11-12H2,(H2,24,25,27,28). The van der Waals surface area contributed by atoms with Gasteiger partial charge in [-0.15, -0.1) is 0 Å². The van der Waals surface area contributed by atoms with Crippen molar-refractivity contribution in [1.29, 1.82) is 0 Å². The van der Waals surface area contributed by atoms with Gasteiger partial charge in [-0.3, -0.25) is 20.1 Å². The summed E-state index contributed by atoms with van der Waals surface area (Å²) in [6.07, 6.45) is 6.55. The fourth-order valence-corrected chi connectivity index (χ4v) is 3.89. The molecule has 0 saturated carbocycles. The Balaban J connectivity index is 1.43. The number of benzene rings is 1. The highest BCUT2D eigenvalue weighted by atomic mass is 32.2. The number of aliphatic hydroxyl groups is 1. The molecule has 1 saturated heterocycles. The third kappa shape index (κ3) is 4.58. The molecule has 152 valence electrons. The molecule has 8 nitrogen and oxygen atoms in total. The molecule has 0 aliphatic carbocycles. The molecule has 0 spiro atoms. The van der Waals surface area contributed by atoms with E-state index in [0.717, 1.165) is 20.9 Å². The molecule has 30 heavy (non-hydrogen) atoms. The van der Waals surface area contributed by atoms with Crippen LogP contribution in [0.4, 0.5) is 4.79 Å². The first kappa shape index (κ1) is 19.9. The van der Waals surface area contributed by atoms with Crippen LogP contribution in [0.2, 0.25) is 0 Å². The van der Waals surface area contributed by atoms with Gasteiger partial charge in [-0.1, -0.05) is 11.8 Å². The van der Waals surface area contributed by atoms with Crippen LogP contribution in [0, 0.1) is 0 Å². The van der Waals surface area contributed by atoms with Gasteiger partial charge in [0.2, 0.25) is 0 Å². The fourth-order valence-electron chi connectivity index (χ4n) is 2.94. The number of aromatic nitrogens is 2. The highest BCUT2D eigenvalue weighted by molar-refractivity contribution is 7.99. The summed E-state index contributed by atoms with van der Waals surface area (Å²) in [6.45, 7) is 0.286. The van der Waals surface area contributed by atoms with E-state index in [4.69, 9.17) is 4.74 Å². The Bertz CT molecular complexity index is 1070. The smallest absolute Gasteiger partial charge is 0.322 e. The number of urea groups is 1. The van der Waals surface area contributed by atoms with E-state index >= 15 is 0 Å². The lowest BCUT2D eigenvalue weighted by Crippen LogP contribution is -2.22. The molecule has 1 aromatic carbocycles. The number of rotatable bonds is 7. The average Bonchev–Trinajstić information content (AvgIpc) is 3.11. The molecule has 0 radical (unpaired) electrons. The summed E-state index contributed by atoms with van der Waals surface area (Å²) in [5, 5.41) is 14.0. The van der Waals surface area contributed by atoms with Crippen molar-refractivity contribution in [2.24, 2.45) is 0 Å². The zero-order valence-corrected chi connectivity index (χ0v) is 16.6. The minimum atomic E-state index is -0.750. The number of hydrogen-bond donors (Lipinski definition) is 3. The third-order valence-corrected chi connectivity index (χ3v) is 5.49. The van der Waals surface area contributed by atoms with E-state index in [1.807, 2.05) is 36.4 Å². The second-order valence-corrected chi connectivity index (χ2v) is 7.65. The van der Waals surface area contributed by atoms with Crippen molar-refractivity contribution in [3.05, 3.63) is 77.9 Å². The van der Waals surface area contributed by atoms with Crippen molar-refractivity contribution < 1.29 is 19.4 Å². The maximum atomic E-state index is 12.0. The van der Waals surface area contributed by atoms with Crippen LogP contribution in [0.1, 0.15) is 22.7 Å². The topological polar surface area (TPSA) is 113 Å². The lowest BCUT2D eigenvalue weighted by molar-refractivity contribution is -0.120. The quantitative estimate of drug-likeness (QED) is 0.502. The Hall–Kier alpha value is -3.43. The van der Waals surface area contributed by atoms with Crippen LogP contribution in [0.3, 0.4) is 0 Å². The van der Waals surface area contributed by atoms with Crippen LogP contribution in [0.5, 0.6) is 5.75 Å². The van der Waals surface area contributed by atoms with Gasteiger partial charge in [-0.2, -0.15) is 0 Å². The van der Waals surface area contributed by atoms with Crippen molar-refractivity contribution in [2.75, 3.05) is 0 Å². The number of ether oxygens (including phenoxy) is 1. The SMILES string of the molecule is O=C1NC(=O)C(c2cnccc2Sc2ccc(OCc3cncc(CO)c3)cc2)N1. The zero-order chi connectivity index (χ0) is 20.9. The van der Waals surface area contributed by atoms with E-state index in [-0.39, 0.29) is 6.61 Å². The zero-order valence-electron chi connectivity index (χ0n) is 15.7. The molecule has 1 unspecified atom stereocenters. The molecule has 3 heterocycles. The van der Waals surface area contributed by atoms with Crippen molar-refractivity contribution in [2.45, 2.75) is 29.0 Å². The van der Waals surface area contributed by atoms with Gasteiger partial charge in [-0.25, -0.2) is 4.79 Å². The van der Waals surface area contributed by atoms with Gasteiger partial charge in [0.25, 0.3) is 5.91 Å². The highest BCUT2D eigenvalue weighted by Gasteiger charge is 2.32. The summed E-state index contributed by atoms with van der Waals surface area (Å²) in [5.41, 5.74) is 2.25. The first-order valence-electron chi connectivity index (χ1n) is 9.12. The summed E-state index contributed by atoms with van der Waals surface area (Å²) < 4.78 is 5.79. The van der Waals surface area contributed by atoms with E-state index < -0.39 is 18.0 Å². The monoisotopic (exact) mass is 422 g/mol. The molecule has 1 aliphatic heterocycles. The maximum Gasteiger partial charge on any atom is 0.322 e. The van der Waals surface area contributed by atoms with Crippen LogP contribution in [-0.2, 0) is 18.0 Å². The highest BCUT2D eigenvalue weighted by Crippen LogP contribution is 2.34. The Morgan fingerprint density at radius 1 is 1.03 bits per heavy atom. The first-order chi connectivity index (χ1) is 14.6. The van der Waals surface area contributed by atoms with Gasteiger partial charge in [0.1, 0.15) is 18.4 Å². The predicted molar refractivity (Wildman–Crippen MR) is 109 cm³/mol. The number of amides is 3. The number of carbonyl (C=O) groups excluding carboxylic acids is 2. The molecule has 0 bridgehead atoms. The van der Waals surface area contributed by atoms with Gasteiger partial charge in [0, 0.05) is 45.7 Å². The number of hydrogen-bond acceptors (Lipinski definition) is 7. The third-order valence-electron chi connectivity index (χ3n) is 4.39. The van der Waals surface area contributed by atoms with Gasteiger partial charge in [0.05, 0.1) is 6.61 Å². The molecule has 3 amide bonds. The van der Waals surface area contributed by atoms with Crippen molar-refractivity contribution in [3.8, 4) is 5.75 Å². The average molecular weight is 422 g/mol. The van der Waals surface area contributed by atoms with Gasteiger partial charge in [0.15, 0.2) is 0 Å². The van der Waals surface area contributed by atoms with Crippen molar-refractivity contribution >= 4 is 23.7 Å². The van der Waals surface area contributed by atoms with Crippen LogP contribution < -0.4 is 15.4 Å². The molecular weight excluding hydrogens is 404 g/mol. The molecule has 3 aromatic rings. The lowest BCUT2D eigenvalue weighted by atomic mass is 10.1. The number of carbonyl (C=O) groups is 2. The van der Waals surface area contributed by atoms with Crippen LogP contribution in [0.15, 0.2) is 71.0 Å². The molecule has 9 heteroatoms. The fraction of sp³-hybridized carbons (Fsp3) is 0.143. The summed E-state index contributed by atoms with van der Waals surface area (Å²) in [6, 6.07) is 9.95. The largest absolute Gasteiger partial charge is 0.489 e. The lowest BCUT2D eigenvalue weighted by Gasteiger charge is -2.13. The van der Waals surface area contributed by atoms with E-state index in [0.29, 0.717) is 17.9 Å². The second kappa shape index (κ2) is 8.93. The van der Waals surface area contributed by atoms with Crippen LogP contribution in [-0.4, -0.2) is 27.0 Å². The molecule has 1 atom stereocenters. The predicted octanol–water partition coefficient (Wildman–Crippen LogP) is 2.58. The summed E-state index contributed by atoms with van der Waals surface area (Å²) in [7, 11) is 0. The normalized spacial score (nSPS) is 15.6. The van der Waals surface area contributed by atoms with E-state index in [9.17, 15) is 14.7 Å². The van der Waals surface area contributed by atoms with E-state index in [1.165, 1.54) is 11.8 Å². The number of pyridine rings is 2. The molecule has 1 fully saturated rings. The Morgan fingerprint density at radius 2 is 1.83 bits per heavy atom. The molecule has 1 aliphatic rings. The van der Waals surface area contributed by atoms with Crippen LogP contribution >= 0.6 is 11.8 Å². The van der Waals surface area contributed by atoms with E-state index in [2.05, 4.69) is 20.6 Å².